The number of carbonyl (C=O) groups is 5. The largest absolute Gasteiger partial charge is 0.464 e. The molecule has 3 amide bonds. The summed E-state index contributed by atoms with van der Waals surface area (Å²) in [6, 6.07) is -0.554. The summed E-state index contributed by atoms with van der Waals surface area (Å²) in [6.07, 6.45) is 27.1. The van der Waals surface area contributed by atoms with Gasteiger partial charge in [-0.2, -0.15) is 0 Å². The topological polar surface area (TPSA) is 215 Å². The second-order valence-electron chi connectivity index (χ2n) is 15.1. The Kier molecular flexibility index (Phi) is 45.5. The molecule has 0 bridgehead atoms. The molecule has 368 valence electrons. The van der Waals surface area contributed by atoms with Crippen molar-refractivity contribution in [3.63, 3.8) is 0 Å². The third-order valence-electron chi connectivity index (χ3n) is 9.30. The second-order valence-corrected chi connectivity index (χ2v) is 15.1. The molecule has 0 unspecified atom stereocenters. The smallest absolute Gasteiger partial charge is 0.305 e. The van der Waals surface area contributed by atoms with Gasteiger partial charge in [-0.3, -0.25) is 24.2 Å². The van der Waals surface area contributed by atoms with Crippen LogP contribution in [0.5, 0.6) is 0 Å². The van der Waals surface area contributed by atoms with Crippen molar-refractivity contribution in [2.45, 2.75) is 142 Å². The van der Waals surface area contributed by atoms with Gasteiger partial charge >= 0.3 is 5.97 Å². The van der Waals surface area contributed by atoms with Crippen molar-refractivity contribution < 1.29 is 52.4 Å². The lowest BCUT2D eigenvalue weighted by Gasteiger charge is -2.19. The number of unbranched alkanes of at least 4 members (excludes halogenated alkanes) is 6. The number of aliphatic imine (C=N–C) groups is 1. The summed E-state index contributed by atoms with van der Waals surface area (Å²) in [5.41, 5.74) is 6.33. The molecule has 0 radical (unpaired) electrons. The first kappa shape index (κ1) is 60.0. The van der Waals surface area contributed by atoms with E-state index in [1.54, 1.807) is 0 Å². The van der Waals surface area contributed by atoms with E-state index in [2.05, 4.69) is 71.2 Å². The van der Waals surface area contributed by atoms with Gasteiger partial charge < -0.3 is 54.9 Å². The average Bonchev–Trinajstić information content (AvgIpc) is 3.29. The van der Waals surface area contributed by atoms with Gasteiger partial charge in [0.2, 0.25) is 17.7 Å². The molecule has 1 atom stereocenters. The van der Waals surface area contributed by atoms with Crippen molar-refractivity contribution in [2.24, 2.45) is 10.7 Å². The van der Waals surface area contributed by atoms with E-state index >= 15 is 0 Å². The molecule has 5 N–H and O–H groups in total. The molecular formula is C48H85N5O11. The van der Waals surface area contributed by atoms with Crippen LogP contribution >= 0.6 is 0 Å². The Morgan fingerprint density at radius 1 is 0.547 bits per heavy atom. The van der Waals surface area contributed by atoms with E-state index in [-0.39, 0.29) is 68.4 Å². The van der Waals surface area contributed by atoms with Gasteiger partial charge in [0, 0.05) is 58.4 Å². The molecule has 0 aliphatic heterocycles. The van der Waals surface area contributed by atoms with Crippen molar-refractivity contribution in [2.75, 3.05) is 92.3 Å². The summed E-state index contributed by atoms with van der Waals surface area (Å²) in [6.45, 7) is 10.4. The SMILES string of the molecule is CC/C=C\C/C=C\C/C=C\CCCCCCCC(=O)OCCNC(=O)CCC(=O)N[C@@H](CCCCNC(=O)CCC=O)C(N)=NCCCOCCOCCOCCOCCOCCC. The minimum atomic E-state index is -0.554. The molecule has 64 heavy (non-hydrogen) atoms. The van der Waals surface area contributed by atoms with Gasteiger partial charge in [0.15, 0.2) is 0 Å². The molecule has 0 spiro atoms. The van der Waals surface area contributed by atoms with Crippen LogP contribution in [-0.2, 0) is 52.4 Å². The van der Waals surface area contributed by atoms with Crippen LogP contribution in [0.2, 0.25) is 0 Å². The number of aldehydes is 1. The van der Waals surface area contributed by atoms with Crippen LogP contribution in [0.15, 0.2) is 41.4 Å². The highest BCUT2D eigenvalue weighted by molar-refractivity contribution is 5.91. The van der Waals surface area contributed by atoms with E-state index < -0.39 is 6.04 Å². The van der Waals surface area contributed by atoms with Crippen molar-refractivity contribution in [3.8, 4) is 0 Å². The number of ether oxygens (including phenoxy) is 6. The molecule has 0 saturated carbocycles. The first-order valence-corrected chi connectivity index (χ1v) is 23.9. The van der Waals surface area contributed by atoms with Crippen LogP contribution < -0.4 is 21.7 Å². The zero-order valence-electron chi connectivity index (χ0n) is 39.5. The number of amides is 3. The molecular weight excluding hydrogens is 823 g/mol. The van der Waals surface area contributed by atoms with E-state index in [1.165, 1.54) is 0 Å². The number of allylic oxidation sites excluding steroid dienone is 6. The fraction of sp³-hybridized carbons (Fsp3) is 0.750. The molecule has 0 saturated heterocycles. The standard InChI is InChI=1S/C48H85N5O11/c1-3-5-6-7-8-9-10-11-12-13-14-15-16-17-18-25-47(58)64-34-30-51-45(56)26-27-46(57)53-43(23-19-20-28-50-44(55)24-21-31-54)48(49)52-29-22-33-60-36-38-62-40-42-63-41-39-61-37-35-59-32-4-2/h5-6,8-9,11-12,31,43H,3-4,7,10,13-30,32-42H2,1-2H3,(H2,49,52)(H,50,55)(H,51,56)(H,53,57)/b6-5-,9-8-,12-11-/t43-/m0/s1. The van der Waals surface area contributed by atoms with Crippen LogP contribution in [0.1, 0.15) is 136 Å². The highest BCUT2D eigenvalue weighted by Crippen LogP contribution is 2.09. The third-order valence-corrected chi connectivity index (χ3v) is 9.30. The van der Waals surface area contributed by atoms with Crippen LogP contribution in [0.4, 0.5) is 0 Å². The van der Waals surface area contributed by atoms with E-state index in [9.17, 15) is 24.0 Å². The van der Waals surface area contributed by atoms with Gasteiger partial charge in [0.05, 0.1) is 65.4 Å². The Hall–Kier alpha value is -3.96. The summed E-state index contributed by atoms with van der Waals surface area (Å²) in [5.74, 6) is -0.879. The highest BCUT2D eigenvalue weighted by Gasteiger charge is 2.17. The quantitative estimate of drug-likeness (QED) is 0.0138. The fourth-order valence-electron chi connectivity index (χ4n) is 5.78. The van der Waals surface area contributed by atoms with Gasteiger partial charge in [-0.1, -0.05) is 69.6 Å². The number of amidine groups is 1. The Bertz CT molecular complexity index is 1280. The van der Waals surface area contributed by atoms with E-state index in [1.807, 2.05) is 0 Å². The predicted octanol–water partition coefficient (Wildman–Crippen LogP) is 6.01. The predicted molar refractivity (Wildman–Crippen MR) is 252 cm³/mol. The molecule has 0 fully saturated rings. The maximum atomic E-state index is 12.9. The maximum absolute atomic E-state index is 12.9. The number of esters is 1. The number of rotatable bonds is 47. The minimum absolute atomic E-state index is 0.0430. The molecule has 0 aliphatic carbocycles. The van der Waals surface area contributed by atoms with Gasteiger partial charge in [0.1, 0.15) is 18.7 Å². The molecule has 16 heteroatoms. The number of carbonyl (C=O) groups excluding carboxylic acids is 5. The molecule has 0 rings (SSSR count). The van der Waals surface area contributed by atoms with Crippen molar-refractivity contribution in [1.29, 1.82) is 0 Å². The summed E-state index contributed by atoms with van der Waals surface area (Å²) in [4.78, 5) is 64.2. The molecule has 0 aromatic rings. The Morgan fingerprint density at radius 2 is 1.11 bits per heavy atom. The van der Waals surface area contributed by atoms with E-state index in [4.69, 9.17) is 34.2 Å². The normalized spacial score (nSPS) is 12.3. The Labute approximate surface area is 384 Å². The minimum Gasteiger partial charge on any atom is -0.464 e. The molecule has 0 aromatic carbocycles. The fourth-order valence-corrected chi connectivity index (χ4v) is 5.78. The molecule has 16 nitrogen and oxygen atoms in total. The molecule has 0 aliphatic rings. The zero-order valence-corrected chi connectivity index (χ0v) is 39.5. The monoisotopic (exact) mass is 908 g/mol. The average molecular weight is 908 g/mol. The maximum Gasteiger partial charge on any atom is 0.305 e. The lowest BCUT2D eigenvalue weighted by Crippen LogP contribution is -2.45. The number of nitrogens with zero attached hydrogens (tertiary/aromatic N) is 1. The van der Waals surface area contributed by atoms with E-state index in [0.717, 1.165) is 70.8 Å². The van der Waals surface area contributed by atoms with Crippen molar-refractivity contribution >= 4 is 35.8 Å². The first-order chi connectivity index (χ1) is 31.3. The lowest BCUT2D eigenvalue weighted by atomic mass is 10.1. The van der Waals surface area contributed by atoms with Gasteiger partial charge in [0.25, 0.3) is 0 Å². The van der Waals surface area contributed by atoms with Crippen LogP contribution in [0.25, 0.3) is 0 Å². The highest BCUT2D eigenvalue weighted by atomic mass is 16.6. The van der Waals surface area contributed by atoms with Gasteiger partial charge in [-0.15, -0.1) is 0 Å². The summed E-state index contributed by atoms with van der Waals surface area (Å²) < 4.78 is 32.7. The van der Waals surface area contributed by atoms with Crippen LogP contribution in [0.3, 0.4) is 0 Å². The Balaban J connectivity index is 4.32. The second kappa shape index (κ2) is 48.5. The lowest BCUT2D eigenvalue weighted by molar-refractivity contribution is -0.144. The first-order valence-electron chi connectivity index (χ1n) is 23.9. The van der Waals surface area contributed by atoms with Gasteiger partial charge in [-0.25, -0.2) is 0 Å². The van der Waals surface area contributed by atoms with Crippen molar-refractivity contribution in [1.82, 2.24) is 16.0 Å². The summed E-state index contributed by atoms with van der Waals surface area (Å²) in [5, 5.41) is 8.37. The molecule has 0 heterocycles. The van der Waals surface area contributed by atoms with Crippen LogP contribution in [-0.4, -0.2) is 134 Å². The van der Waals surface area contributed by atoms with Gasteiger partial charge in [-0.05, 0) is 70.6 Å². The van der Waals surface area contributed by atoms with Crippen LogP contribution in [0, 0.1) is 0 Å². The third kappa shape index (κ3) is 44.6. The number of hydrogen-bond acceptors (Lipinski definition) is 12. The van der Waals surface area contributed by atoms with Crippen molar-refractivity contribution in [3.05, 3.63) is 36.5 Å². The Morgan fingerprint density at radius 3 is 1.77 bits per heavy atom. The summed E-state index contributed by atoms with van der Waals surface area (Å²) >= 11 is 0. The molecule has 0 aromatic heterocycles. The zero-order chi connectivity index (χ0) is 46.8. The number of nitrogens with one attached hydrogen (secondary N) is 3. The number of hydrogen-bond donors (Lipinski definition) is 4. The summed E-state index contributed by atoms with van der Waals surface area (Å²) in [7, 11) is 0. The van der Waals surface area contributed by atoms with E-state index in [0.29, 0.717) is 111 Å². The number of nitrogens with two attached hydrogens (primary N) is 1.